The van der Waals surface area contributed by atoms with Crippen molar-refractivity contribution in [2.24, 2.45) is 0 Å². The Morgan fingerprint density at radius 2 is 1.75 bits per heavy atom. The number of nitrogens with one attached hydrogen (secondary N) is 1. The van der Waals surface area contributed by atoms with Crippen LogP contribution in [0, 0.1) is 0 Å². The predicted molar refractivity (Wildman–Crippen MR) is 132 cm³/mol. The maximum absolute atomic E-state index is 13.3. The Balaban J connectivity index is 1.73. The Labute approximate surface area is 202 Å². The fourth-order valence-electron chi connectivity index (χ4n) is 3.20. The highest BCUT2D eigenvalue weighted by Gasteiger charge is 2.22. The lowest BCUT2D eigenvalue weighted by Crippen LogP contribution is -2.44. The van der Waals surface area contributed by atoms with Gasteiger partial charge in [0.05, 0.1) is 17.3 Å². The first-order chi connectivity index (χ1) is 15.5. The number of amides is 3. The van der Waals surface area contributed by atoms with E-state index in [1.165, 1.54) is 4.90 Å². The van der Waals surface area contributed by atoms with Crippen molar-refractivity contribution in [3.05, 3.63) is 86.5 Å². The second-order valence-corrected chi connectivity index (χ2v) is 9.17. The summed E-state index contributed by atoms with van der Waals surface area (Å²) in [4.78, 5) is 30.6. The van der Waals surface area contributed by atoms with Gasteiger partial charge in [0.1, 0.15) is 6.54 Å². The maximum Gasteiger partial charge on any atom is 0.322 e. The van der Waals surface area contributed by atoms with Gasteiger partial charge < -0.3 is 15.1 Å². The third-order valence-electron chi connectivity index (χ3n) is 4.78. The van der Waals surface area contributed by atoms with Crippen LogP contribution in [-0.4, -0.2) is 34.8 Å². The molecule has 168 valence electrons. The second kappa shape index (κ2) is 11.9. The number of thiophene rings is 1. The van der Waals surface area contributed by atoms with E-state index in [1.807, 2.05) is 54.8 Å². The molecular weight excluding hydrogens is 465 g/mol. The van der Waals surface area contributed by atoms with Gasteiger partial charge in [0.15, 0.2) is 0 Å². The van der Waals surface area contributed by atoms with Crippen molar-refractivity contribution in [1.29, 1.82) is 0 Å². The van der Waals surface area contributed by atoms with Crippen molar-refractivity contribution < 1.29 is 9.59 Å². The zero-order valence-electron chi connectivity index (χ0n) is 17.8. The van der Waals surface area contributed by atoms with Crippen molar-refractivity contribution in [3.8, 4) is 0 Å². The fraction of sp³-hybridized carbons (Fsp3) is 0.250. The van der Waals surface area contributed by atoms with Crippen molar-refractivity contribution in [1.82, 2.24) is 9.80 Å². The molecule has 0 atom stereocenters. The predicted octanol–water partition coefficient (Wildman–Crippen LogP) is 6.53. The van der Waals surface area contributed by atoms with Gasteiger partial charge in [-0.05, 0) is 41.6 Å². The molecule has 3 amide bonds. The summed E-state index contributed by atoms with van der Waals surface area (Å²) in [5.74, 6) is -0.118. The monoisotopic (exact) mass is 489 g/mol. The van der Waals surface area contributed by atoms with Crippen LogP contribution in [0.15, 0.2) is 66.0 Å². The number of rotatable bonds is 9. The van der Waals surface area contributed by atoms with Gasteiger partial charge in [0, 0.05) is 23.0 Å². The number of carbonyl (C=O) groups excluding carboxylic acids is 2. The standard InChI is InChI=1S/C24H25Cl2N3O2S/c1-2-12-28(24(31)27-22-11-10-19(25)14-21(22)26)17-23(30)29(16-20-9-6-13-32-20)15-18-7-4-3-5-8-18/h3-11,13-14H,2,12,15-17H2,1H3,(H,27,31). The molecule has 0 saturated carbocycles. The molecule has 0 aliphatic carbocycles. The van der Waals surface area contributed by atoms with Gasteiger partial charge in [-0.3, -0.25) is 4.79 Å². The van der Waals surface area contributed by atoms with E-state index in [0.29, 0.717) is 35.4 Å². The Hall–Kier alpha value is -2.54. The lowest BCUT2D eigenvalue weighted by molar-refractivity contribution is -0.133. The highest BCUT2D eigenvalue weighted by atomic mass is 35.5. The molecule has 0 aliphatic rings. The normalized spacial score (nSPS) is 10.6. The summed E-state index contributed by atoms with van der Waals surface area (Å²) < 4.78 is 0. The van der Waals surface area contributed by atoms with Crippen LogP contribution in [0.25, 0.3) is 0 Å². The SMILES string of the molecule is CCCN(CC(=O)N(Cc1ccccc1)Cc1cccs1)C(=O)Nc1ccc(Cl)cc1Cl. The third kappa shape index (κ3) is 6.99. The van der Waals surface area contributed by atoms with Crippen molar-refractivity contribution >= 4 is 52.2 Å². The average molecular weight is 490 g/mol. The Kier molecular flexibility index (Phi) is 8.97. The number of nitrogens with zero attached hydrogens (tertiary/aromatic N) is 2. The van der Waals surface area contributed by atoms with Gasteiger partial charge in [-0.25, -0.2) is 4.79 Å². The number of halogens is 2. The number of hydrogen-bond acceptors (Lipinski definition) is 3. The third-order valence-corrected chi connectivity index (χ3v) is 6.18. The molecule has 0 aliphatic heterocycles. The van der Waals surface area contributed by atoms with E-state index in [2.05, 4.69) is 5.32 Å². The molecule has 5 nitrogen and oxygen atoms in total. The number of urea groups is 1. The van der Waals surface area contributed by atoms with E-state index in [4.69, 9.17) is 23.2 Å². The quantitative estimate of drug-likeness (QED) is 0.371. The number of benzene rings is 2. The first kappa shape index (κ1) is 24.1. The molecule has 0 radical (unpaired) electrons. The minimum atomic E-state index is -0.375. The lowest BCUT2D eigenvalue weighted by Gasteiger charge is -2.27. The summed E-state index contributed by atoms with van der Waals surface area (Å²) in [6.45, 7) is 3.36. The molecule has 1 aromatic heterocycles. The molecule has 3 rings (SSSR count). The Morgan fingerprint density at radius 3 is 2.41 bits per heavy atom. The van der Waals surface area contributed by atoms with E-state index in [1.54, 1.807) is 34.4 Å². The van der Waals surface area contributed by atoms with E-state index < -0.39 is 0 Å². The van der Waals surface area contributed by atoms with Crippen LogP contribution >= 0.6 is 34.5 Å². The summed E-state index contributed by atoms with van der Waals surface area (Å²) in [6.07, 6.45) is 0.721. The molecule has 0 spiro atoms. The van der Waals surface area contributed by atoms with E-state index in [9.17, 15) is 9.59 Å². The highest BCUT2D eigenvalue weighted by molar-refractivity contribution is 7.09. The fourth-order valence-corrected chi connectivity index (χ4v) is 4.37. The van der Waals surface area contributed by atoms with Crippen molar-refractivity contribution in [3.63, 3.8) is 0 Å². The van der Waals surface area contributed by atoms with Crippen LogP contribution < -0.4 is 5.32 Å². The molecular formula is C24H25Cl2N3O2S. The first-order valence-corrected chi connectivity index (χ1v) is 11.9. The summed E-state index contributed by atoms with van der Waals surface area (Å²) in [5.41, 5.74) is 1.49. The van der Waals surface area contributed by atoms with Gasteiger partial charge in [0.25, 0.3) is 0 Å². The molecule has 1 N–H and O–H groups in total. The van der Waals surface area contributed by atoms with Crippen LogP contribution in [0.4, 0.5) is 10.5 Å². The van der Waals surface area contributed by atoms with Crippen LogP contribution in [0.5, 0.6) is 0 Å². The van der Waals surface area contributed by atoms with Gasteiger partial charge in [-0.15, -0.1) is 11.3 Å². The Morgan fingerprint density at radius 1 is 0.969 bits per heavy atom. The molecule has 32 heavy (non-hydrogen) atoms. The zero-order valence-corrected chi connectivity index (χ0v) is 20.1. The van der Waals surface area contributed by atoms with Crippen molar-refractivity contribution in [2.75, 3.05) is 18.4 Å². The van der Waals surface area contributed by atoms with Gasteiger partial charge >= 0.3 is 6.03 Å². The zero-order chi connectivity index (χ0) is 22.9. The van der Waals surface area contributed by atoms with E-state index in [0.717, 1.165) is 16.9 Å². The van der Waals surface area contributed by atoms with Gasteiger partial charge in [0.2, 0.25) is 5.91 Å². The smallest absolute Gasteiger partial charge is 0.322 e. The van der Waals surface area contributed by atoms with Crippen molar-refractivity contribution in [2.45, 2.75) is 26.4 Å². The largest absolute Gasteiger partial charge is 0.332 e. The lowest BCUT2D eigenvalue weighted by atomic mass is 10.2. The summed E-state index contributed by atoms with van der Waals surface area (Å²) >= 11 is 13.7. The molecule has 3 aromatic rings. The van der Waals surface area contributed by atoms with E-state index >= 15 is 0 Å². The molecule has 8 heteroatoms. The number of hydrogen-bond donors (Lipinski definition) is 1. The summed E-state index contributed by atoms with van der Waals surface area (Å²) in [6, 6.07) is 18.3. The van der Waals surface area contributed by atoms with Crippen LogP contribution in [-0.2, 0) is 17.9 Å². The Bertz CT molecular complexity index is 1030. The topological polar surface area (TPSA) is 52.7 Å². The molecule has 0 unspecified atom stereocenters. The van der Waals surface area contributed by atoms with Crippen LogP contribution in [0.1, 0.15) is 23.8 Å². The van der Waals surface area contributed by atoms with E-state index in [-0.39, 0.29) is 18.5 Å². The molecule has 0 fully saturated rings. The number of anilines is 1. The molecule has 1 heterocycles. The van der Waals surface area contributed by atoms with Gasteiger partial charge in [-0.2, -0.15) is 0 Å². The molecule has 0 bridgehead atoms. The maximum atomic E-state index is 13.3. The average Bonchev–Trinajstić information content (AvgIpc) is 3.29. The highest BCUT2D eigenvalue weighted by Crippen LogP contribution is 2.25. The second-order valence-electron chi connectivity index (χ2n) is 7.29. The van der Waals surface area contributed by atoms with Crippen LogP contribution in [0.2, 0.25) is 10.0 Å². The minimum Gasteiger partial charge on any atom is -0.332 e. The molecule has 2 aromatic carbocycles. The number of carbonyl (C=O) groups is 2. The van der Waals surface area contributed by atoms with Gasteiger partial charge in [-0.1, -0.05) is 66.5 Å². The summed E-state index contributed by atoms with van der Waals surface area (Å²) in [7, 11) is 0. The molecule has 0 saturated heterocycles. The van der Waals surface area contributed by atoms with Crippen LogP contribution in [0.3, 0.4) is 0 Å². The first-order valence-electron chi connectivity index (χ1n) is 10.3. The minimum absolute atomic E-state index is 0.0247. The summed E-state index contributed by atoms with van der Waals surface area (Å²) in [5, 5.41) is 5.61.